The average molecular weight is 445 g/mol. The first-order chi connectivity index (χ1) is 16.0. The van der Waals surface area contributed by atoms with E-state index in [2.05, 4.69) is 24.3 Å². The van der Waals surface area contributed by atoms with E-state index in [4.69, 9.17) is 4.42 Å². The van der Waals surface area contributed by atoms with E-state index in [-0.39, 0.29) is 36.2 Å². The van der Waals surface area contributed by atoms with Crippen LogP contribution in [0.5, 0.6) is 0 Å². The van der Waals surface area contributed by atoms with Gasteiger partial charge in [0.05, 0.1) is 19.4 Å². The molecule has 1 saturated carbocycles. The highest BCUT2D eigenvalue weighted by Crippen LogP contribution is 2.48. The van der Waals surface area contributed by atoms with Crippen molar-refractivity contribution in [2.24, 2.45) is 5.92 Å². The second kappa shape index (κ2) is 10.5. The van der Waals surface area contributed by atoms with Crippen LogP contribution in [-0.4, -0.2) is 40.7 Å². The first-order valence-electron chi connectivity index (χ1n) is 11.7. The van der Waals surface area contributed by atoms with E-state index in [1.165, 1.54) is 11.1 Å². The van der Waals surface area contributed by atoms with Crippen LogP contribution >= 0.6 is 0 Å². The summed E-state index contributed by atoms with van der Waals surface area (Å²) in [6.45, 7) is 5.01. The smallest absolute Gasteiger partial charge is 0.242 e. The highest BCUT2D eigenvalue weighted by molar-refractivity contribution is 5.88. The van der Waals surface area contributed by atoms with E-state index in [1.807, 2.05) is 62.4 Å². The number of nitrogens with zero attached hydrogens (tertiary/aromatic N) is 2. The third-order valence-electron chi connectivity index (χ3n) is 6.34. The highest BCUT2D eigenvalue weighted by atomic mass is 16.3. The Morgan fingerprint density at radius 2 is 1.67 bits per heavy atom. The van der Waals surface area contributed by atoms with Crippen LogP contribution in [0.1, 0.15) is 43.1 Å². The molecule has 0 spiro atoms. The van der Waals surface area contributed by atoms with Crippen molar-refractivity contribution < 1.29 is 14.0 Å². The van der Waals surface area contributed by atoms with Crippen LogP contribution in [0.15, 0.2) is 83.5 Å². The van der Waals surface area contributed by atoms with Crippen molar-refractivity contribution in [2.45, 2.75) is 45.2 Å². The molecule has 0 saturated heterocycles. The molecule has 1 aromatic heterocycles. The Morgan fingerprint density at radius 1 is 0.970 bits per heavy atom. The molecule has 2 amide bonds. The third-order valence-corrected chi connectivity index (χ3v) is 6.34. The summed E-state index contributed by atoms with van der Waals surface area (Å²) >= 11 is 0. The van der Waals surface area contributed by atoms with E-state index in [9.17, 15) is 9.59 Å². The molecule has 4 rings (SSSR count). The fraction of sp³-hybridized carbons (Fsp3) is 0.357. The van der Waals surface area contributed by atoms with Gasteiger partial charge in [0, 0.05) is 18.5 Å². The van der Waals surface area contributed by atoms with Gasteiger partial charge in [-0.15, -0.1) is 0 Å². The van der Waals surface area contributed by atoms with E-state index < -0.39 is 0 Å². The number of benzene rings is 2. The summed E-state index contributed by atoms with van der Waals surface area (Å²) in [7, 11) is 0. The van der Waals surface area contributed by atoms with Gasteiger partial charge in [-0.25, -0.2) is 0 Å². The van der Waals surface area contributed by atoms with Crippen LogP contribution in [0.2, 0.25) is 0 Å². The lowest BCUT2D eigenvalue weighted by Gasteiger charge is -2.30. The monoisotopic (exact) mass is 444 g/mol. The second-order valence-corrected chi connectivity index (χ2v) is 9.05. The third kappa shape index (κ3) is 5.92. The number of hydrogen-bond acceptors (Lipinski definition) is 3. The fourth-order valence-corrected chi connectivity index (χ4v) is 4.30. The lowest BCUT2D eigenvalue weighted by molar-refractivity contribution is -0.143. The molecular weight excluding hydrogens is 412 g/mol. The minimum atomic E-state index is -0.0544. The van der Waals surface area contributed by atoms with Gasteiger partial charge >= 0.3 is 0 Å². The Hall–Kier alpha value is -3.34. The highest BCUT2D eigenvalue weighted by Gasteiger charge is 2.46. The fourth-order valence-electron chi connectivity index (χ4n) is 4.30. The van der Waals surface area contributed by atoms with Gasteiger partial charge in [0.2, 0.25) is 11.8 Å². The van der Waals surface area contributed by atoms with Crippen molar-refractivity contribution in [3.63, 3.8) is 0 Å². The van der Waals surface area contributed by atoms with E-state index >= 15 is 0 Å². The van der Waals surface area contributed by atoms with Gasteiger partial charge in [-0.2, -0.15) is 0 Å². The van der Waals surface area contributed by atoms with E-state index in [0.717, 1.165) is 18.6 Å². The summed E-state index contributed by atoms with van der Waals surface area (Å²) in [5, 5.41) is 0. The number of rotatable bonds is 10. The summed E-state index contributed by atoms with van der Waals surface area (Å²) in [5.41, 5.74) is 2.38. The molecule has 2 aromatic carbocycles. The molecule has 0 N–H and O–H groups in total. The molecule has 0 radical (unpaired) electrons. The minimum absolute atomic E-state index is 0.0366. The van der Waals surface area contributed by atoms with E-state index in [1.54, 1.807) is 16.1 Å². The molecule has 1 aliphatic rings. The van der Waals surface area contributed by atoms with Crippen molar-refractivity contribution in [1.82, 2.24) is 9.80 Å². The molecule has 0 aliphatic heterocycles. The predicted octanol–water partition coefficient (Wildman–Crippen LogP) is 4.89. The van der Waals surface area contributed by atoms with Gasteiger partial charge < -0.3 is 14.2 Å². The topological polar surface area (TPSA) is 53.8 Å². The molecule has 1 heterocycles. The Morgan fingerprint density at radius 3 is 2.30 bits per heavy atom. The summed E-state index contributed by atoms with van der Waals surface area (Å²) in [5.74, 6) is 0.984. The van der Waals surface area contributed by atoms with Crippen LogP contribution in [-0.2, 0) is 22.6 Å². The van der Waals surface area contributed by atoms with Crippen LogP contribution in [0.3, 0.4) is 0 Å². The van der Waals surface area contributed by atoms with Gasteiger partial charge in [0.1, 0.15) is 5.76 Å². The first kappa shape index (κ1) is 22.8. The average Bonchev–Trinajstić information content (AvgIpc) is 3.48. The normalized spacial score (nSPS) is 17.1. The second-order valence-electron chi connectivity index (χ2n) is 9.05. The van der Waals surface area contributed by atoms with Gasteiger partial charge in [0.15, 0.2) is 0 Å². The molecule has 33 heavy (non-hydrogen) atoms. The number of carbonyl (C=O) groups excluding carboxylic acids is 2. The van der Waals surface area contributed by atoms with Crippen molar-refractivity contribution in [2.75, 3.05) is 13.1 Å². The molecule has 1 fully saturated rings. The first-order valence-corrected chi connectivity index (χ1v) is 11.7. The van der Waals surface area contributed by atoms with Gasteiger partial charge in [-0.3, -0.25) is 9.59 Å². The van der Waals surface area contributed by atoms with Gasteiger partial charge in [0.25, 0.3) is 0 Å². The minimum Gasteiger partial charge on any atom is -0.467 e. The van der Waals surface area contributed by atoms with Gasteiger partial charge in [-0.1, -0.05) is 60.7 Å². The summed E-state index contributed by atoms with van der Waals surface area (Å²) in [6, 6.07) is 24.0. The van der Waals surface area contributed by atoms with Crippen molar-refractivity contribution in [1.29, 1.82) is 0 Å². The summed E-state index contributed by atoms with van der Waals surface area (Å²) in [6.07, 6.45) is 3.22. The number of hydrogen-bond donors (Lipinski definition) is 0. The van der Waals surface area contributed by atoms with Crippen molar-refractivity contribution in [3.8, 4) is 0 Å². The van der Waals surface area contributed by atoms with Gasteiger partial charge in [-0.05, 0) is 55.9 Å². The standard InChI is InChI=1S/C28H32N2O3/c1-21(2)30(28(32)26-18-25(26)23-12-7-4-8-13-23)20-27(31)29(19-24-14-9-17-33-24)16-15-22-10-5-3-6-11-22/h3-14,17,21,25-26H,15-16,18-20H2,1-2H3. The maximum atomic E-state index is 13.4. The largest absolute Gasteiger partial charge is 0.467 e. The molecule has 5 heteroatoms. The van der Waals surface area contributed by atoms with Crippen LogP contribution in [0.25, 0.3) is 0 Å². The maximum absolute atomic E-state index is 13.4. The molecular formula is C28H32N2O3. The number of furan rings is 1. The SMILES string of the molecule is CC(C)N(CC(=O)N(CCc1ccccc1)Cc1ccco1)C(=O)C1CC1c1ccccc1. The Kier molecular flexibility index (Phi) is 7.28. The lowest BCUT2D eigenvalue weighted by Crippen LogP contribution is -2.46. The Balaban J connectivity index is 1.43. The molecule has 3 aromatic rings. The zero-order chi connectivity index (χ0) is 23.2. The number of carbonyl (C=O) groups is 2. The lowest BCUT2D eigenvalue weighted by atomic mass is 10.1. The molecule has 5 nitrogen and oxygen atoms in total. The van der Waals surface area contributed by atoms with E-state index in [0.29, 0.717) is 13.1 Å². The van der Waals surface area contributed by atoms with Crippen molar-refractivity contribution in [3.05, 3.63) is 95.9 Å². The predicted molar refractivity (Wildman–Crippen MR) is 128 cm³/mol. The Labute approximate surface area is 196 Å². The summed E-state index contributed by atoms with van der Waals surface area (Å²) < 4.78 is 5.50. The van der Waals surface area contributed by atoms with Crippen LogP contribution < -0.4 is 0 Å². The molecule has 1 aliphatic carbocycles. The van der Waals surface area contributed by atoms with Crippen LogP contribution in [0, 0.1) is 5.92 Å². The molecule has 2 atom stereocenters. The molecule has 172 valence electrons. The zero-order valence-electron chi connectivity index (χ0n) is 19.4. The molecule has 2 unspecified atom stereocenters. The maximum Gasteiger partial charge on any atom is 0.242 e. The van der Waals surface area contributed by atoms with Crippen LogP contribution in [0.4, 0.5) is 0 Å². The Bertz CT molecular complexity index is 1030. The number of amides is 2. The van der Waals surface area contributed by atoms with Crippen molar-refractivity contribution >= 4 is 11.8 Å². The zero-order valence-corrected chi connectivity index (χ0v) is 19.4. The quantitative estimate of drug-likeness (QED) is 0.447. The molecule has 0 bridgehead atoms. The summed E-state index contributed by atoms with van der Waals surface area (Å²) in [4.78, 5) is 30.3.